The first kappa shape index (κ1) is 42.7. The molecule has 7 aliphatic rings. The summed E-state index contributed by atoms with van der Waals surface area (Å²) in [7, 11) is 0. The van der Waals surface area contributed by atoms with Crippen LogP contribution in [0.25, 0.3) is 0 Å². The molecule has 57 heavy (non-hydrogen) atoms. The zero-order chi connectivity index (χ0) is 42.2. The fourth-order valence-corrected chi connectivity index (χ4v) is 13.1. The van der Waals surface area contributed by atoms with Crippen LogP contribution in [0.1, 0.15) is 101 Å². The number of carbonyl (C=O) groups is 4. The van der Waals surface area contributed by atoms with Crippen LogP contribution in [0, 0.1) is 46.8 Å². The van der Waals surface area contributed by atoms with Crippen molar-refractivity contribution in [1.29, 1.82) is 0 Å². The molecule has 1 spiro atoms. The zero-order valence-electron chi connectivity index (χ0n) is 34.5. The lowest BCUT2D eigenvalue weighted by Gasteiger charge is -2.64. The van der Waals surface area contributed by atoms with Crippen LogP contribution in [-0.4, -0.2) is 143 Å². The van der Waals surface area contributed by atoms with Gasteiger partial charge in [0, 0.05) is 44.3 Å². The van der Waals surface area contributed by atoms with Gasteiger partial charge in [-0.2, -0.15) is 0 Å². The molecule has 0 radical (unpaired) electrons. The van der Waals surface area contributed by atoms with E-state index in [9.17, 15) is 49.8 Å². The minimum absolute atomic E-state index is 0.0170. The van der Waals surface area contributed by atoms with Crippen molar-refractivity contribution in [2.24, 2.45) is 46.8 Å². The molecule has 20 atom stereocenters. The van der Waals surface area contributed by atoms with Gasteiger partial charge in [-0.15, -0.1) is 0 Å². The van der Waals surface area contributed by atoms with Crippen molar-refractivity contribution in [1.82, 2.24) is 4.90 Å². The second-order valence-corrected chi connectivity index (χ2v) is 19.4. The zero-order valence-corrected chi connectivity index (χ0v) is 34.5. The SMILES string of the molecule is CC[C@@H](C)C(=O)O[C@H]1[C@H](O)[C@H]2[C@@H](CN3C[C@@H](C)CC[C@H]3[C@@]2(C)O)[C@@H]2C[C@]34OC5(O)[C@@H](OC(=O)C(C)(O)C(C)O)CC[C@@]3(C)[C@@H]5[C@@H](OC(C)=O)[C@@H](OC(C)=O)[C@H]4[C@@]21O. The first-order valence-electron chi connectivity index (χ1n) is 20.8. The highest BCUT2D eigenvalue weighted by atomic mass is 16.7. The van der Waals surface area contributed by atoms with Crippen molar-refractivity contribution in [3.63, 3.8) is 0 Å². The van der Waals surface area contributed by atoms with Gasteiger partial charge in [0.1, 0.15) is 17.8 Å². The molecule has 3 unspecified atom stereocenters. The summed E-state index contributed by atoms with van der Waals surface area (Å²) in [6.07, 6.45) is -7.41. The summed E-state index contributed by atoms with van der Waals surface area (Å²) in [5.41, 5.74) is -9.03. The number of esters is 4. The lowest BCUT2D eigenvalue weighted by atomic mass is 9.48. The molecule has 4 aliphatic carbocycles. The Morgan fingerprint density at radius 2 is 1.54 bits per heavy atom. The van der Waals surface area contributed by atoms with Gasteiger partial charge in [-0.1, -0.05) is 27.7 Å². The number of nitrogens with zero attached hydrogens (tertiary/aromatic N) is 1. The van der Waals surface area contributed by atoms with E-state index >= 15 is 0 Å². The van der Waals surface area contributed by atoms with E-state index in [0.717, 1.165) is 27.2 Å². The second kappa shape index (κ2) is 13.8. The largest absolute Gasteiger partial charge is 0.458 e. The summed E-state index contributed by atoms with van der Waals surface area (Å²) >= 11 is 0. The molecule has 3 saturated heterocycles. The number of hydrogen-bond acceptors (Lipinski definition) is 16. The molecule has 322 valence electrons. The van der Waals surface area contributed by atoms with Crippen molar-refractivity contribution >= 4 is 23.9 Å². The molecule has 0 aromatic carbocycles. The molecule has 4 bridgehead atoms. The van der Waals surface area contributed by atoms with Gasteiger partial charge in [0.25, 0.3) is 0 Å². The maximum Gasteiger partial charge on any atom is 0.341 e. The Hall–Kier alpha value is -2.44. The van der Waals surface area contributed by atoms with E-state index in [1.807, 2.05) is 6.92 Å². The highest BCUT2D eigenvalue weighted by Gasteiger charge is 2.90. The minimum Gasteiger partial charge on any atom is -0.458 e. The average molecular weight is 810 g/mol. The molecule has 0 aromatic heterocycles. The van der Waals surface area contributed by atoms with Gasteiger partial charge >= 0.3 is 23.9 Å². The number of aliphatic hydroxyl groups is 6. The first-order chi connectivity index (χ1) is 26.3. The number of rotatable bonds is 8. The van der Waals surface area contributed by atoms with Crippen LogP contribution in [0.5, 0.6) is 0 Å². The van der Waals surface area contributed by atoms with Crippen molar-refractivity contribution < 1.29 is 73.5 Å². The van der Waals surface area contributed by atoms with E-state index in [0.29, 0.717) is 31.8 Å². The summed E-state index contributed by atoms with van der Waals surface area (Å²) in [4.78, 5) is 55.6. The van der Waals surface area contributed by atoms with Gasteiger partial charge in [-0.05, 0) is 77.0 Å². The number of aliphatic hydroxyl groups excluding tert-OH is 2. The number of ether oxygens (including phenoxy) is 5. The van der Waals surface area contributed by atoms with Gasteiger partial charge in [0.05, 0.1) is 41.2 Å². The van der Waals surface area contributed by atoms with Crippen LogP contribution in [0.3, 0.4) is 0 Å². The predicted octanol–water partition coefficient (Wildman–Crippen LogP) is 0.578. The summed E-state index contributed by atoms with van der Waals surface area (Å²) in [6.45, 7) is 14.7. The summed E-state index contributed by atoms with van der Waals surface area (Å²) in [6, 6.07) is -0.329. The second-order valence-electron chi connectivity index (χ2n) is 19.4. The van der Waals surface area contributed by atoms with Gasteiger partial charge < -0.3 is 54.3 Å². The Morgan fingerprint density at radius 3 is 2.12 bits per heavy atom. The third kappa shape index (κ3) is 5.81. The van der Waals surface area contributed by atoms with Gasteiger partial charge in [0.2, 0.25) is 5.79 Å². The summed E-state index contributed by atoms with van der Waals surface area (Å²) < 4.78 is 31.1. The molecule has 3 heterocycles. The Labute approximate surface area is 333 Å². The smallest absolute Gasteiger partial charge is 0.341 e. The number of fused-ring (bicyclic) bond motifs is 5. The number of carbonyl (C=O) groups excluding carboxylic acids is 4. The monoisotopic (exact) mass is 809 g/mol. The van der Waals surface area contributed by atoms with E-state index in [1.165, 1.54) is 6.92 Å². The van der Waals surface area contributed by atoms with Crippen LogP contribution in [0.2, 0.25) is 0 Å². The molecule has 16 heteroatoms. The molecule has 4 saturated carbocycles. The Morgan fingerprint density at radius 1 is 0.930 bits per heavy atom. The maximum absolute atomic E-state index is 13.9. The number of piperidine rings is 2. The standard InChI is InChI=1S/C41H63NO15/c1-10-19(3)34(47)56-33-28(46)27-23(17-42-16-18(2)11-12-25(42)38(27,9)50)24-15-39-32(40(24,33)51)30(54-22(6)45)29(53-21(5)44)31-36(39,7)14-13-26(41(31,52)57-39)55-35(48)37(8,49)20(4)43/h18-20,23-33,43,46,49-52H,10-17H2,1-9H3/t18-,19+,20?,23-,24-,25-,26-,27+,28+,29-,30+,31-,32+,33-,36-,37?,38+,39+,40-,41?/m0/s1. The lowest BCUT2D eigenvalue weighted by Crippen LogP contribution is -2.78. The molecule has 7 fully saturated rings. The molecule has 6 N–H and O–H groups in total. The highest BCUT2D eigenvalue weighted by molar-refractivity contribution is 5.79. The van der Waals surface area contributed by atoms with E-state index in [1.54, 1.807) is 20.8 Å². The third-order valence-electron chi connectivity index (χ3n) is 16.1. The van der Waals surface area contributed by atoms with Gasteiger partial charge in [0.15, 0.2) is 17.8 Å². The van der Waals surface area contributed by atoms with E-state index in [2.05, 4.69) is 11.8 Å². The van der Waals surface area contributed by atoms with Crippen LogP contribution in [0.15, 0.2) is 0 Å². The van der Waals surface area contributed by atoms with Gasteiger partial charge in [-0.25, -0.2) is 4.79 Å². The van der Waals surface area contributed by atoms with Crippen molar-refractivity contribution in [3.8, 4) is 0 Å². The molecule has 0 aromatic rings. The van der Waals surface area contributed by atoms with E-state index in [4.69, 9.17) is 23.7 Å². The first-order valence-corrected chi connectivity index (χ1v) is 20.8. The third-order valence-corrected chi connectivity index (χ3v) is 16.1. The topological polar surface area (TPSA) is 239 Å². The maximum atomic E-state index is 13.9. The van der Waals surface area contributed by atoms with Crippen LogP contribution < -0.4 is 0 Å². The molecule has 3 aliphatic heterocycles. The van der Waals surface area contributed by atoms with Crippen molar-refractivity contribution in [3.05, 3.63) is 0 Å². The molecular weight excluding hydrogens is 746 g/mol. The highest BCUT2D eigenvalue weighted by Crippen LogP contribution is 2.78. The number of hydrogen-bond donors (Lipinski definition) is 6. The summed E-state index contributed by atoms with van der Waals surface area (Å²) in [5.74, 6) is -11.5. The lowest BCUT2D eigenvalue weighted by molar-refractivity contribution is -0.301. The van der Waals surface area contributed by atoms with Gasteiger partial charge in [-0.3, -0.25) is 19.3 Å². The van der Waals surface area contributed by atoms with Crippen molar-refractivity contribution in [2.45, 2.75) is 172 Å². The molecule has 7 rings (SSSR count). The fraction of sp³-hybridized carbons (Fsp3) is 0.902. The molecular formula is C41H63NO15. The van der Waals surface area contributed by atoms with Crippen LogP contribution in [0.4, 0.5) is 0 Å². The molecule has 0 amide bonds. The molecule has 16 nitrogen and oxygen atoms in total. The van der Waals surface area contributed by atoms with Crippen LogP contribution in [-0.2, 0) is 42.9 Å². The Kier molecular flexibility index (Phi) is 10.3. The fourth-order valence-electron chi connectivity index (χ4n) is 13.1. The quantitative estimate of drug-likeness (QED) is 0.145. The van der Waals surface area contributed by atoms with E-state index in [-0.39, 0.29) is 25.3 Å². The normalized spacial score (nSPS) is 50.4. The van der Waals surface area contributed by atoms with E-state index < -0.39 is 130 Å². The Balaban J connectivity index is 1.45. The average Bonchev–Trinajstić information content (AvgIpc) is 3.40. The minimum atomic E-state index is -2.47. The van der Waals surface area contributed by atoms with Crippen molar-refractivity contribution in [2.75, 3.05) is 13.1 Å². The summed E-state index contributed by atoms with van der Waals surface area (Å²) in [5, 5.41) is 73.2. The predicted molar refractivity (Wildman–Crippen MR) is 196 cm³/mol. The van der Waals surface area contributed by atoms with Crippen LogP contribution >= 0.6 is 0 Å². The Bertz CT molecular complexity index is 1650.